The molecule has 0 aromatic carbocycles. The Hall–Kier alpha value is -0.340. The lowest BCUT2D eigenvalue weighted by Crippen LogP contribution is -2.23. The molecular formula is C9H17NO. The van der Waals surface area contributed by atoms with Crippen molar-refractivity contribution in [3.05, 3.63) is 12.7 Å². The second-order valence-corrected chi connectivity index (χ2v) is 3.02. The van der Waals surface area contributed by atoms with Crippen molar-refractivity contribution in [1.29, 1.82) is 0 Å². The molecule has 1 atom stereocenters. The Morgan fingerprint density at radius 1 is 1.73 bits per heavy atom. The fourth-order valence-corrected chi connectivity index (χ4v) is 1.47. The third kappa shape index (κ3) is 2.64. The second-order valence-electron chi connectivity index (χ2n) is 3.02. The molecule has 0 aliphatic carbocycles. The largest absolute Gasteiger partial charge is 0.380 e. The zero-order chi connectivity index (χ0) is 8.10. The van der Waals surface area contributed by atoms with Crippen LogP contribution in [0.3, 0.4) is 0 Å². The van der Waals surface area contributed by atoms with Gasteiger partial charge in [0.1, 0.15) is 0 Å². The molecule has 64 valence electrons. The van der Waals surface area contributed by atoms with Gasteiger partial charge in [-0.05, 0) is 12.8 Å². The molecule has 0 aromatic rings. The van der Waals surface area contributed by atoms with E-state index in [2.05, 4.69) is 11.5 Å². The topological polar surface area (TPSA) is 12.5 Å². The van der Waals surface area contributed by atoms with E-state index in [9.17, 15) is 0 Å². The van der Waals surface area contributed by atoms with E-state index in [0.29, 0.717) is 6.10 Å². The number of ether oxygens (including phenoxy) is 1. The van der Waals surface area contributed by atoms with Crippen LogP contribution in [0, 0.1) is 0 Å². The summed E-state index contributed by atoms with van der Waals surface area (Å²) >= 11 is 0. The first-order chi connectivity index (χ1) is 5.36. The molecule has 1 saturated heterocycles. The lowest BCUT2D eigenvalue weighted by molar-refractivity contribution is 0.108. The molecule has 1 heterocycles. The minimum absolute atomic E-state index is 0.472. The van der Waals surface area contributed by atoms with Gasteiger partial charge >= 0.3 is 0 Å². The van der Waals surface area contributed by atoms with Gasteiger partial charge in [0.05, 0.1) is 6.10 Å². The van der Waals surface area contributed by atoms with Gasteiger partial charge in [0.15, 0.2) is 0 Å². The summed E-state index contributed by atoms with van der Waals surface area (Å²) in [6.07, 6.45) is 4.73. The third-order valence-corrected chi connectivity index (χ3v) is 2.21. The monoisotopic (exact) mass is 155 g/mol. The standard InChI is InChI=1S/C9H17NO/c1-3-4-6-10-7-5-9(8-10)11-2/h3,9H,1,4-8H2,2H3/t9-/m1/s1. The molecule has 0 spiro atoms. The predicted octanol–water partition coefficient (Wildman–Crippen LogP) is 1.28. The molecule has 0 radical (unpaired) electrons. The molecule has 1 rings (SSSR count). The SMILES string of the molecule is C=CCCN1CC[C@@H](OC)C1. The summed E-state index contributed by atoms with van der Waals surface area (Å²) in [6, 6.07) is 0. The van der Waals surface area contributed by atoms with Gasteiger partial charge in [-0.1, -0.05) is 6.08 Å². The van der Waals surface area contributed by atoms with Crippen LogP contribution in [0.15, 0.2) is 12.7 Å². The number of methoxy groups -OCH3 is 1. The van der Waals surface area contributed by atoms with Crippen LogP contribution in [0.25, 0.3) is 0 Å². The first-order valence-electron chi connectivity index (χ1n) is 4.23. The summed E-state index contributed by atoms with van der Waals surface area (Å²) in [6.45, 7) is 7.13. The van der Waals surface area contributed by atoms with E-state index in [0.717, 1.165) is 19.5 Å². The summed E-state index contributed by atoms with van der Waals surface area (Å²) in [4.78, 5) is 2.43. The van der Waals surface area contributed by atoms with Crippen LogP contribution in [-0.2, 0) is 4.74 Å². The molecule has 1 aliphatic heterocycles. The van der Waals surface area contributed by atoms with E-state index in [4.69, 9.17) is 4.74 Å². The van der Waals surface area contributed by atoms with Crippen molar-refractivity contribution in [2.45, 2.75) is 18.9 Å². The van der Waals surface area contributed by atoms with Crippen LogP contribution in [0.5, 0.6) is 0 Å². The van der Waals surface area contributed by atoms with Gasteiger partial charge in [0, 0.05) is 26.7 Å². The zero-order valence-electron chi connectivity index (χ0n) is 7.25. The first kappa shape index (κ1) is 8.75. The molecule has 0 aromatic heterocycles. The van der Waals surface area contributed by atoms with E-state index < -0.39 is 0 Å². The van der Waals surface area contributed by atoms with Crippen LogP contribution in [0.4, 0.5) is 0 Å². The lowest BCUT2D eigenvalue weighted by Gasteiger charge is -2.13. The number of rotatable bonds is 4. The maximum atomic E-state index is 5.25. The van der Waals surface area contributed by atoms with Crippen molar-refractivity contribution in [3.8, 4) is 0 Å². The average Bonchev–Trinajstić information content (AvgIpc) is 2.48. The van der Waals surface area contributed by atoms with E-state index in [1.54, 1.807) is 7.11 Å². The molecule has 0 N–H and O–H groups in total. The molecule has 2 heteroatoms. The molecule has 1 aliphatic rings. The average molecular weight is 155 g/mol. The molecule has 11 heavy (non-hydrogen) atoms. The van der Waals surface area contributed by atoms with Crippen molar-refractivity contribution in [1.82, 2.24) is 4.90 Å². The maximum Gasteiger partial charge on any atom is 0.0710 e. The van der Waals surface area contributed by atoms with Crippen LogP contribution >= 0.6 is 0 Å². The van der Waals surface area contributed by atoms with Gasteiger partial charge in [-0.25, -0.2) is 0 Å². The van der Waals surface area contributed by atoms with Crippen molar-refractivity contribution in [3.63, 3.8) is 0 Å². The maximum absolute atomic E-state index is 5.25. The third-order valence-electron chi connectivity index (χ3n) is 2.21. The van der Waals surface area contributed by atoms with Crippen LogP contribution in [-0.4, -0.2) is 37.7 Å². The van der Waals surface area contributed by atoms with Crippen molar-refractivity contribution in [2.24, 2.45) is 0 Å². The van der Waals surface area contributed by atoms with Crippen LogP contribution in [0.1, 0.15) is 12.8 Å². The van der Waals surface area contributed by atoms with Crippen molar-refractivity contribution in [2.75, 3.05) is 26.7 Å². The molecule has 0 unspecified atom stereocenters. The molecule has 0 saturated carbocycles. The molecule has 1 fully saturated rings. The lowest BCUT2D eigenvalue weighted by atomic mass is 10.3. The van der Waals surface area contributed by atoms with E-state index >= 15 is 0 Å². The fraction of sp³-hybridized carbons (Fsp3) is 0.778. The smallest absolute Gasteiger partial charge is 0.0710 e. The Balaban J connectivity index is 2.13. The highest BCUT2D eigenvalue weighted by Gasteiger charge is 2.20. The summed E-state index contributed by atoms with van der Waals surface area (Å²) in [7, 11) is 1.79. The minimum atomic E-state index is 0.472. The number of nitrogens with zero attached hydrogens (tertiary/aromatic N) is 1. The van der Waals surface area contributed by atoms with E-state index in [1.807, 2.05) is 6.08 Å². The normalized spacial score (nSPS) is 25.7. The Morgan fingerprint density at radius 2 is 2.55 bits per heavy atom. The Morgan fingerprint density at radius 3 is 3.09 bits per heavy atom. The highest BCUT2D eigenvalue weighted by atomic mass is 16.5. The summed E-state index contributed by atoms with van der Waals surface area (Å²) < 4.78 is 5.25. The van der Waals surface area contributed by atoms with Gasteiger partial charge in [-0.15, -0.1) is 6.58 Å². The number of hydrogen-bond donors (Lipinski definition) is 0. The molecule has 0 bridgehead atoms. The van der Waals surface area contributed by atoms with Crippen LogP contribution < -0.4 is 0 Å². The van der Waals surface area contributed by atoms with Crippen molar-refractivity contribution < 1.29 is 4.74 Å². The highest BCUT2D eigenvalue weighted by molar-refractivity contribution is 4.78. The number of likely N-dealkylation sites (tertiary alicyclic amines) is 1. The number of hydrogen-bond acceptors (Lipinski definition) is 2. The summed E-state index contributed by atoms with van der Waals surface area (Å²) in [5.41, 5.74) is 0. The fourth-order valence-electron chi connectivity index (χ4n) is 1.47. The minimum Gasteiger partial charge on any atom is -0.380 e. The Kier molecular flexibility index (Phi) is 3.60. The highest BCUT2D eigenvalue weighted by Crippen LogP contribution is 2.11. The molecule has 2 nitrogen and oxygen atoms in total. The summed E-state index contributed by atoms with van der Waals surface area (Å²) in [5.74, 6) is 0. The van der Waals surface area contributed by atoms with Gasteiger partial charge in [-0.3, -0.25) is 0 Å². The van der Waals surface area contributed by atoms with E-state index in [-0.39, 0.29) is 0 Å². The Bertz CT molecular complexity index is 125. The van der Waals surface area contributed by atoms with Crippen molar-refractivity contribution >= 4 is 0 Å². The molecule has 0 amide bonds. The molecular weight excluding hydrogens is 138 g/mol. The van der Waals surface area contributed by atoms with Gasteiger partial charge in [0.2, 0.25) is 0 Å². The van der Waals surface area contributed by atoms with Crippen LogP contribution in [0.2, 0.25) is 0 Å². The van der Waals surface area contributed by atoms with Gasteiger partial charge in [-0.2, -0.15) is 0 Å². The second kappa shape index (κ2) is 4.52. The summed E-state index contributed by atoms with van der Waals surface area (Å²) in [5, 5.41) is 0. The first-order valence-corrected chi connectivity index (χ1v) is 4.23. The zero-order valence-corrected chi connectivity index (χ0v) is 7.25. The predicted molar refractivity (Wildman–Crippen MR) is 46.7 cm³/mol. The quantitative estimate of drug-likeness (QED) is 0.567. The van der Waals surface area contributed by atoms with Gasteiger partial charge in [0.25, 0.3) is 0 Å². The van der Waals surface area contributed by atoms with Gasteiger partial charge < -0.3 is 9.64 Å². The van der Waals surface area contributed by atoms with E-state index in [1.165, 1.54) is 13.0 Å². The Labute approximate surface area is 68.8 Å².